The van der Waals surface area contributed by atoms with Crippen molar-refractivity contribution >= 4 is 110 Å². The van der Waals surface area contributed by atoms with Crippen LogP contribution in [0.15, 0.2) is 91.0 Å². The van der Waals surface area contributed by atoms with Crippen molar-refractivity contribution in [3.8, 4) is 11.1 Å². The van der Waals surface area contributed by atoms with Crippen molar-refractivity contribution in [2.75, 3.05) is 0 Å². The van der Waals surface area contributed by atoms with Crippen LogP contribution in [-0.4, -0.2) is 8.07 Å². The third-order valence-electron chi connectivity index (χ3n) is 12.3. The Morgan fingerprint density at radius 1 is 0.380 bits per heavy atom. The van der Waals surface area contributed by atoms with E-state index < -0.39 is 8.07 Å². The molecule has 0 aromatic heterocycles. The second-order valence-electron chi connectivity index (χ2n) is 18.5. The van der Waals surface area contributed by atoms with Gasteiger partial charge in [-0.05, 0) is 147 Å². The molecule has 0 bridgehead atoms. The smallest absolute Gasteiger partial charge is 0.0656 e. The molecule has 50 heavy (non-hydrogen) atoms. The largest absolute Gasteiger partial charge is 0.0792 e. The summed E-state index contributed by atoms with van der Waals surface area (Å²) in [6.45, 7) is 21.9. The predicted octanol–water partition coefficient (Wildman–Crippen LogP) is 14.1. The monoisotopic (exact) mass is 658 g/mol. The van der Waals surface area contributed by atoms with Gasteiger partial charge in [-0.3, -0.25) is 0 Å². The molecule has 1 heteroatoms. The second-order valence-corrected chi connectivity index (χ2v) is 23.5. The van der Waals surface area contributed by atoms with E-state index in [0.717, 1.165) is 0 Å². The first-order chi connectivity index (χ1) is 23.7. The number of benzene rings is 6. The van der Waals surface area contributed by atoms with E-state index in [9.17, 15) is 0 Å². The average Bonchev–Trinajstić information content (AvgIpc) is 3.60. The summed E-state index contributed by atoms with van der Waals surface area (Å²) < 4.78 is 0. The quantitative estimate of drug-likeness (QED) is 0.128. The summed E-state index contributed by atoms with van der Waals surface area (Å²) in [4.78, 5) is 0. The fourth-order valence-corrected chi connectivity index (χ4v) is 12.2. The lowest BCUT2D eigenvalue weighted by molar-refractivity contribution is 0.569. The van der Waals surface area contributed by atoms with Gasteiger partial charge in [0.25, 0.3) is 0 Å². The van der Waals surface area contributed by atoms with Crippen LogP contribution >= 0.6 is 0 Å². The van der Waals surface area contributed by atoms with Crippen LogP contribution < -0.4 is 5.19 Å². The highest BCUT2D eigenvalue weighted by atomic mass is 28.3. The Kier molecular flexibility index (Phi) is 5.09. The summed E-state index contributed by atoms with van der Waals surface area (Å²) in [5.41, 5.74) is 5.79. The van der Waals surface area contributed by atoms with Crippen LogP contribution in [-0.2, 0) is 10.8 Å². The normalized spacial score (nSPS) is 14.1. The molecule has 0 heterocycles. The number of hydrogen-bond donors (Lipinski definition) is 0. The summed E-state index contributed by atoms with van der Waals surface area (Å²) >= 11 is 0. The molecule has 0 saturated carbocycles. The van der Waals surface area contributed by atoms with Crippen molar-refractivity contribution in [2.24, 2.45) is 0 Å². The van der Waals surface area contributed by atoms with Crippen LogP contribution in [0.5, 0.6) is 0 Å². The maximum absolute atomic E-state index is 2.63. The van der Waals surface area contributed by atoms with Gasteiger partial charge in [-0.2, -0.15) is 0 Å². The minimum atomic E-state index is -1.91. The minimum absolute atomic E-state index is 0.0404. The number of hydrogen-bond acceptors (Lipinski definition) is 0. The molecule has 11 rings (SSSR count). The van der Waals surface area contributed by atoms with E-state index in [1.54, 1.807) is 5.19 Å². The van der Waals surface area contributed by atoms with Crippen molar-refractivity contribution < 1.29 is 0 Å². The Labute approximate surface area is 294 Å². The van der Waals surface area contributed by atoms with Gasteiger partial charge in [-0.1, -0.05) is 140 Å². The van der Waals surface area contributed by atoms with Crippen LogP contribution in [0.2, 0.25) is 19.6 Å². The molecular weight excluding hydrogens is 617 g/mol. The van der Waals surface area contributed by atoms with Crippen LogP contribution in [0, 0.1) is 0 Å². The summed E-state index contributed by atoms with van der Waals surface area (Å²) in [5, 5.41) is 27.3. The lowest BCUT2D eigenvalue weighted by Crippen LogP contribution is -2.38. The van der Waals surface area contributed by atoms with Gasteiger partial charge in [0.05, 0.1) is 8.07 Å². The molecule has 0 aliphatic rings. The first kappa shape index (κ1) is 29.0. The topological polar surface area (TPSA) is 0 Å². The van der Waals surface area contributed by atoms with Crippen molar-refractivity contribution in [3.05, 3.63) is 102 Å². The van der Waals surface area contributed by atoms with Gasteiger partial charge >= 0.3 is 0 Å². The Morgan fingerprint density at radius 2 is 0.900 bits per heavy atom. The van der Waals surface area contributed by atoms with Gasteiger partial charge in [-0.15, -0.1) is 0 Å². The van der Waals surface area contributed by atoms with E-state index in [1.165, 1.54) is 119 Å². The highest BCUT2D eigenvalue weighted by molar-refractivity contribution is 6.92. The SMILES string of the molecule is CC(C)(C)c1cc(-c2c([Si](C)(C)C)c3cc4cccc5c6ccc7ccc8cccc9c%10cc2c3c2c%10c(c89)c7c6c2c45)cc(C(C)(C)C)c1. The van der Waals surface area contributed by atoms with Gasteiger partial charge in [0.2, 0.25) is 0 Å². The third kappa shape index (κ3) is 3.38. The third-order valence-corrected chi connectivity index (χ3v) is 14.4. The maximum Gasteiger partial charge on any atom is 0.0792 e. The van der Waals surface area contributed by atoms with Crippen molar-refractivity contribution in [3.63, 3.8) is 0 Å². The fraction of sp³-hybridized carbons (Fsp3) is 0.224. The second kappa shape index (κ2) is 8.76. The molecule has 0 spiro atoms. The number of rotatable bonds is 2. The first-order valence-corrected chi connectivity index (χ1v) is 21.9. The summed E-state index contributed by atoms with van der Waals surface area (Å²) in [7, 11) is -1.91. The summed E-state index contributed by atoms with van der Waals surface area (Å²) in [5.74, 6) is 0. The molecule has 0 radical (unpaired) electrons. The Balaban J connectivity index is 1.51. The van der Waals surface area contributed by atoms with E-state index in [4.69, 9.17) is 0 Å². The molecule has 11 aromatic rings. The van der Waals surface area contributed by atoms with E-state index >= 15 is 0 Å². The van der Waals surface area contributed by atoms with Gasteiger partial charge < -0.3 is 0 Å². The molecule has 0 unspecified atom stereocenters. The van der Waals surface area contributed by atoms with E-state index in [1.807, 2.05) is 0 Å². The zero-order valence-electron chi connectivity index (χ0n) is 30.7. The molecule has 0 N–H and O–H groups in total. The Bertz CT molecular complexity index is 3140. The maximum atomic E-state index is 2.63. The number of fused-ring (bicyclic) bond motifs is 2. The Hall–Kier alpha value is -4.72. The van der Waals surface area contributed by atoms with E-state index in [0.29, 0.717) is 0 Å². The van der Waals surface area contributed by atoms with E-state index in [2.05, 4.69) is 152 Å². The van der Waals surface area contributed by atoms with Crippen molar-refractivity contribution in [1.29, 1.82) is 0 Å². The molecule has 11 aromatic carbocycles. The van der Waals surface area contributed by atoms with Crippen molar-refractivity contribution in [1.82, 2.24) is 0 Å². The zero-order valence-corrected chi connectivity index (χ0v) is 31.7. The molecule has 0 saturated heterocycles. The van der Waals surface area contributed by atoms with Gasteiger partial charge in [0, 0.05) is 0 Å². The molecular formula is C49H42Si. The first-order valence-electron chi connectivity index (χ1n) is 18.4. The van der Waals surface area contributed by atoms with E-state index in [-0.39, 0.29) is 10.8 Å². The molecule has 0 nitrogen and oxygen atoms in total. The lowest BCUT2D eigenvalue weighted by Gasteiger charge is -2.27. The highest BCUT2D eigenvalue weighted by Gasteiger charge is 2.34. The lowest BCUT2D eigenvalue weighted by atomic mass is 9.79. The molecule has 0 fully saturated rings. The molecule has 0 aliphatic carbocycles. The predicted molar refractivity (Wildman–Crippen MR) is 226 cm³/mol. The standard InChI is InChI=1S/C49H42Si/c1-48(2,3)29-20-28(21-30(23-29)49(4,5)6)39-35-24-34-32-15-10-12-25-16-17-26-18-19-33-31-14-11-13-27-22-36(47(39)50(7,8)9)41(35)46-43(34)44(37(25)32)40(26)42(33)45(46)38(27)31/h10-24H,1-9H3. The highest BCUT2D eigenvalue weighted by Crippen LogP contribution is 2.57. The molecule has 242 valence electrons. The van der Waals surface area contributed by atoms with Gasteiger partial charge in [0.15, 0.2) is 0 Å². The van der Waals surface area contributed by atoms with Crippen LogP contribution in [0.25, 0.3) is 108 Å². The molecule has 0 amide bonds. The van der Waals surface area contributed by atoms with Crippen LogP contribution in [0.3, 0.4) is 0 Å². The van der Waals surface area contributed by atoms with Crippen molar-refractivity contribution in [2.45, 2.75) is 72.0 Å². The van der Waals surface area contributed by atoms with Gasteiger partial charge in [-0.25, -0.2) is 0 Å². The van der Waals surface area contributed by atoms with Crippen LogP contribution in [0.4, 0.5) is 0 Å². The van der Waals surface area contributed by atoms with Gasteiger partial charge in [0.1, 0.15) is 0 Å². The zero-order chi connectivity index (χ0) is 34.4. The average molecular weight is 659 g/mol. The molecule has 0 aliphatic heterocycles. The molecule has 0 atom stereocenters. The summed E-state index contributed by atoms with van der Waals surface area (Å²) in [6, 6.07) is 36.4. The van der Waals surface area contributed by atoms with Crippen LogP contribution in [0.1, 0.15) is 52.7 Å². The summed E-state index contributed by atoms with van der Waals surface area (Å²) in [6.07, 6.45) is 0. The Morgan fingerprint density at radius 3 is 1.56 bits per heavy atom. The minimum Gasteiger partial charge on any atom is -0.0656 e. The fourth-order valence-electron chi connectivity index (χ4n) is 10.1.